The molecule has 0 aromatic heterocycles. The van der Waals surface area contributed by atoms with Crippen molar-refractivity contribution in [1.82, 2.24) is 4.90 Å². The molecule has 0 aliphatic carbocycles. The van der Waals surface area contributed by atoms with Crippen LogP contribution in [0.3, 0.4) is 0 Å². The smallest absolute Gasteiger partial charge is 0.320 e. The molecule has 0 N–H and O–H groups in total. The number of ether oxygens (including phenoxy) is 5. The van der Waals surface area contributed by atoms with Gasteiger partial charge in [0.1, 0.15) is 5.60 Å². The van der Waals surface area contributed by atoms with Crippen LogP contribution in [0.25, 0.3) is 0 Å². The molecule has 2 rings (SSSR count). The summed E-state index contributed by atoms with van der Waals surface area (Å²) >= 11 is 0. The molecular formula is C23H37NO6. The Hall–Kier alpha value is -1.51. The molecule has 1 fully saturated rings. The summed E-state index contributed by atoms with van der Waals surface area (Å²) in [6, 6.07) is 10.0. The summed E-state index contributed by atoms with van der Waals surface area (Å²) in [4.78, 5) is 14.6. The quantitative estimate of drug-likeness (QED) is 0.693. The fourth-order valence-electron chi connectivity index (χ4n) is 3.27. The van der Waals surface area contributed by atoms with Gasteiger partial charge in [-0.2, -0.15) is 0 Å². The Morgan fingerprint density at radius 3 is 2.13 bits per heavy atom. The van der Waals surface area contributed by atoms with Crippen LogP contribution in [0.4, 0.5) is 0 Å². The monoisotopic (exact) mass is 423 g/mol. The van der Waals surface area contributed by atoms with E-state index in [0.717, 1.165) is 5.56 Å². The number of esters is 1. The van der Waals surface area contributed by atoms with Crippen molar-refractivity contribution in [3.8, 4) is 0 Å². The second kappa shape index (κ2) is 13.0. The van der Waals surface area contributed by atoms with Crippen LogP contribution >= 0.6 is 0 Å². The highest BCUT2D eigenvalue weighted by molar-refractivity contribution is 5.72. The molecule has 1 saturated heterocycles. The molecular weight excluding hydrogens is 386 g/mol. The standard InChI is InChI=1S/C23H37NO6/c1-19-22(20-8-6-5-7-9-20)29-17-16-28-15-14-27-13-12-26-11-10-24(19)18-21(25)30-23(2,3)4/h5-9,19,22H,10-18H2,1-4H3/t19-,22-/m0/s1. The number of nitrogens with zero attached hydrogens (tertiary/aromatic N) is 1. The average molecular weight is 424 g/mol. The van der Waals surface area contributed by atoms with Gasteiger partial charge in [-0.15, -0.1) is 0 Å². The lowest BCUT2D eigenvalue weighted by atomic mass is 10.0. The van der Waals surface area contributed by atoms with Gasteiger partial charge in [0.2, 0.25) is 0 Å². The van der Waals surface area contributed by atoms with Gasteiger partial charge in [0.25, 0.3) is 0 Å². The summed E-state index contributed by atoms with van der Waals surface area (Å²) in [5.74, 6) is -0.259. The molecule has 0 radical (unpaired) electrons. The number of benzene rings is 1. The van der Waals surface area contributed by atoms with E-state index in [1.54, 1.807) is 0 Å². The predicted molar refractivity (Wildman–Crippen MR) is 114 cm³/mol. The van der Waals surface area contributed by atoms with Crippen molar-refractivity contribution >= 4 is 5.97 Å². The molecule has 7 heteroatoms. The summed E-state index contributed by atoms with van der Waals surface area (Å²) in [7, 11) is 0. The van der Waals surface area contributed by atoms with Gasteiger partial charge in [-0.1, -0.05) is 30.3 Å². The van der Waals surface area contributed by atoms with Gasteiger partial charge in [-0.05, 0) is 33.3 Å². The van der Waals surface area contributed by atoms with E-state index in [2.05, 4.69) is 11.8 Å². The Labute approximate surface area is 180 Å². The molecule has 1 aliphatic rings. The summed E-state index contributed by atoms with van der Waals surface area (Å²) in [5, 5.41) is 0. The molecule has 2 atom stereocenters. The number of carbonyl (C=O) groups is 1. The van der Waals surface area contributed by atoms with Crippen LogP contribution in [0.2, 0.25) is 0 Å². The Kier molecular flexibility index (Phi) is 10.7. The van der Waals surface area contributed by atoms with E-state index < -0.39 is 5.60 Å². The molecule has 7 nitrogen and oxygen atoms in total. The van der Waals surface area contributed by atoms with Gasteiger partial charge in [0.15, 0.2) is 0 Å². The second-order valence-corrected chi connectivity index (χ2v) is 8.34. The molecule has 30 heavy (non-hydrogen) atoms. The summed E-state index contributed by atoms with van der Waals surface area (Å²) < 4.78 is 28.6. The normalized spacial score (nSPS) is 23.9. The first-order valence-electron chi connectivity index (χ1n) is 10.7. The number of rotatable bonds is 3. The maximum absolute atomic E-state index is 12.6. The molecule has 170 valence electrons. The van der Waals surface area contributed by atoms with Gasteiger partial charge < -0.3 is 23.7 Å². The Balaban J connectivity index is 2.15. The Morgan fingerprint density at radius 2 is 1.53 bits per heavy atom. The molecule has 0 unspecified atom stereocenters. The lowest BCUT2D eigenvalue weighted by molar-refractivity contribution is -0.158. The molecule has 1 aromatic carbocycles. The van der Waals surface area contributed by atoms with Gasteiger partial charge in [0, 0.05) is 12.6 Å². The minimum absolute atomic E-state index is 0.0649. The summed E-state index contributed by atoms with van der Waals surface area (Å²) in [6.45, 7) is 12.0. The maximum Gasteiger partial charge on any atom is 0.320 e. The number of hydrogen-bond acceptors (Lipinski definition) is 7. The first-order valence-corrected chi connectivity index (χ1v) is 10.7. The molecule has 0 spiro atoms. The second-order valence-electron chi connectivity index (χ2n) is 8.34. The van der Waals surface area contributed by atoms with E-state index in [1.807, 2.05) is 51.1 Å². The summed E-state index contributed by atoms with van der Waals surface area (Å²) in [6.07, 6.45) is -0.210. The average Bonchev–Trinajstić information content (AvgIpc) is 2.69. The first kappa shape index (κ1) is 24.8. The fraction of sp³-hybridized carbons (Fsp3) is 0.696. The largest absolute Gasteiger partial charge is 0.459 e. The number of carbonyl (C=O) groups excluding carboxylic acids is 1. The van der Waals surface area contributed by atoms with Crippen LogP contribution in [-0.2, 0) is 28.5 Å². The minimum Gasteiger partial charge on any atom is -0.459 e. The maximum atomic E-state index is 12.6. The van der Waals surface area contributed by atoms with E-state index in [0.29, 0.717) is 52.8 Å². The molecule has 1 aromatic rings. The third-order valence-corrected chi connectivity index (χ3v) is 4.69. The highest BCUT2D eigenvalue weighted by atomic mass is 16.6. The van der Waals surface area contributed by atoms with Crippen LogP contribution in [0.5, 0.6) is 0 Å². The third-order valence-electron chi connectivity index (χ3n) is 4.69. The zero-order valence-corrected chi connectivity index (χ0v) is 18.8. The van der Waals surface area contributed by atoms with Crippen LogP contribution in [0.1, 0.15) is 39.4 Å². The molecule has 0 amide bonds. The lowest BCUT2D eigenvalue weighted by Gasteiger charge is -2.35. The predicted octanol–water partition coefficient (Wildman–Crippen LogP) is 2.84. The van der Waals surface area contributed by atoms with E-state index in [9.17, 15) is 4.79 Å². The van der Waals surface area contributed by atoms with Crippen LogP contribution in [0.15, 0.2) is 30.3 Å². The van der Waals surface area contributed by atoms with Crippen molar-refractivity contribution in [2.45, 2.75) is 45.4 Å². The van der Waals surface area contributed by atoms with Crippen molar-refractivity contribution < 1.29 is 28.5 Å². The van der Waals surface area contributed by atoms with Crippen LogP contribution in [0, 0.1) is 0 Å². The zero-order valence-electron chi connectivity index (χ0n) is 18.8. The minimum atomic E-state index is -0.526. The highest BCUT2D eigenvalue weighted by Crippen LogP contribution is 2.25. The Bertz CT molecular complexity index is 603. The van der Waals surface area contributed by atoms with Gasteiger partial charge in [0.05, 0.1) is 58.9 Å². The fourth-order valence-corrected chi connectivity index (χ4v) is 3.27. The SMILES string of the molecule is C[C@H]1[C@@H](c2ccccc2)OCCOCCOCCOCCN1CC(=O)OC(C)(C)C. The van der Waals surface area contributed by atoms with Gasteiger partial charge in [-0.25, -0.2) is 0 Å². The first-order chi connectivity index (χ1) is 14.4. The van der Waals surface area contributed by atoms with Crippen LogP contribution in [-0.4, -0.2) is 81.8 Å². The molecule has 1 heterocycles. The van der Waals surface area contributed by atoms with Crippen molar-refractivity contribution in [2.75, 3.05) is 59.3 Å². The van der Waals surface area contributed by atoms with Crippen molar-refractivity contribution in [3.63, 3.8) is 0 Å². The zero-order chi connectivity index (χ0) is 21.8. The topological polar surface area (TPSA) is 66.5 Å². The molecule has 1 aliphatic heterocycles. The van der Waals surface area contributed by atoms with Crippen molar-refractivity contribution in [3.05, 3.63) is 35.9 Å². The molecule has 0 saturated carbocycles. The Morgan fingerprint density at radius 1 is 0.967 bits per heavy atom. The van der Waals surface area contributed by atoms with E-state index in [-0.39, 0.29) is 24.7 Å². The molecule has 0 bridgehead atoms. The van der Waals surface area contributed by atoms with Crippen molar-refractivity contribution in [2.24, 2.45) is 0 Å². The van der Waals surface area contributed by atoms with E-state index in [4.69, 9.17) is 23.7 Å². The van der Waals surface area contributed by atoms with Crippen molar-refractivity contribution in [1.29, 1.82) is 0 Å². The number of hydrogen-bond donors (Lipinski definition) is 0. The van der Waals surface area contributed by atoms with Gasteiger partial charge >= 0.3 is 5.97 Å². The third kappa shape index (κ3) is 9.53. The van der Waals surface area contributed by atoms with E-state index in [1.165, 1.54) is 0 Å². The summed E-state index contributed by atoms with van der Waals surface area (Å²) in [5.41, 5.74) is 0.537. The van der Waals surface area contributed by atoms with Gasteiger partial charge in [-0.3, -0.25) is 9.69 Å². The lowest BCUT2D eigenvalue weighted by Crippen LogP contribution is -2.45. The van der Waals surface area contributed by atoms with Crippen LogP contribution < -0.4 is 0 Å². The van der Waals surface area contributed by atoms with E-state index >= 15 is 0 Å². The highest BCUT2D eigenvalue weighted by Gasteiger charge is 2.29.